The van der Waals surface area contributed by atoms with E-state index in [9.17, 15) is 4.79 Å². The molecule has 0 aromatic heterocycles. The largest absolute Gasteiger partial charge is 0.489 e. The lowest BCUT2D eigenvalue weighted by Crippen LogP contribution is -2.25. The van der Waals surface area contributed by atoms with Crippen LogP contribution < -0.4 is 15.5 Å². The van der Waals surface area contributed by atoms with Crippen LogP contribution in [0.3, 0.4) is 0 Å². The van der Waals surface area contributed by atoms with Crippen LogP contribution in [0.25, 0.3) is 0 Å². The highest BCUT2D eigenvalue weighted by atomic mass is 79.9. The van der Waals surface area contributed by atoms with E-state index in [4.69, 9.17) is 27.9 Å². The van der Waals surface area contributed by atoms with Crippen LogP contribution in [0.15, 0.2) is 76.3 Å². The SMILES string of the molecule is O=C(CNc1ccc(Br)cc1)N/N=C\c1ccc(OCc2ccc(Cl)cc2Cl)cc1. The molecule has 0 unspecified atom stereocenters. The molecule has 3 rings (SSSR count). The Morgan fingerprint density at radius 2 is 1.77 bits per heavy atom. The molecule has 2 N–H and O–H groups in total. The van der Waals surface area contributed by atoms with Gasteiger partial charge in [0.25, 0.3) is 5.91 Å². The number of ether oxygens (including phenoxy) is 1. The maximum Gasteiger partial charge on any atom is 0.259 e. The predicted octanol–water partition coefficient (Wildman–Crippen LogP) is 5.90. The van der Waals surface area contributed by atoms with Gasteiger partial charge in [-0.1, -0.05) is 45.2 Å². The second-order valence-corrected chi connectivity index (χ2v) is 8.01. The van der Waals surface area contributed by atoms with Crippen molar-refractivity contribution in [2.24, 2.45) is 5.10 Å². The molecule has 0 spiro atoms. The third kappa shape index (κ3) is 7.06. The van der Waals surface area contributed by atoms with Crippen LogP contribution in [0, 0.1) is 0 Å². The van der Waals surface area contributed by atoms with Crippen molar-refractivity contribution in [2.75, 3.05) is 11.9 Å². The Hall–Kier alpha value is -2.54. The molecule has 0 fully saturated rings. The highest BCUT2D eigenvalue weighted by Crippen LogP contribution is 2.22. The number of carbonyl (C=O) groups is 1. The summed E-state index contributed by atoms with van der Waals surface area (Å²) in [6.07, 6.45) is 1.57. The topological polar surface area (TPSA) is 62.7 Å². The van der Waals surface area contributed by atoms with Crippen LogP contribution >= 0.6 is 39.1 Å². The first kappa shape index (κ1) is 22.2. The molecule has 0 heterocycles. The zero-order valence-electron chi connectivity index (χ0n) is 15.7. The number of nitrogens with zero attached hydrogens (tertiary/aromatic N) is 1. The number of halogens is 3. The minimum atomic E-state index is -0.242. The van der Waals surface area contributed by atoms with Gasteiger partial charge in [-0.15, -0.1) is 0 Å². The summed E-state index contributed by atoms with van der Waals surface area (Å²) < 4.78 is 6.72. The summed E-state index contributed by atoms with van der Waals surface area (Å²) in [5, 5.41) is 8.14. The zero-order valence-corrected chi connectivity index (χ0v) is 18.8. The average Bonchev–Trinajstić information content (AvgIpc) is 2.74. The number of anilines is 1. The number of rotatable bonds is 8. The summed E-state index contributed by atoms with van der Waals surface area (Å²) in [4.78, 5) is 11.9. The molecule has 8 heteroatoms. The van der Waals surface area contributed by atoms with Crippen LogP contribution in [0.2, 0.25) is 10.0 Å². The van der Waals surface area contributed by atoms with E-state index < -0.39 is 0 Å². The monoisotopic (exact) mass is 505 g/mol. The summed E-state index contributed by atoms with van der Waals surface area (Å²) in [5.74, 6) is 0.454. The average molecular weight is 507 g/mol. The van der Waals surface area contributed by atoms with Crippen molar-refractivity contribution in [3.63, 3.8) is 0 Å². The molecule has 0 aliphatic carbocycles. The van der Waals surface area contributed by atoms with Gasteiger partial charge in [0.05, 0.1) is 12.8 Å². The van der Waals surface area contributed by atoms with Gasteiger partial charge in [0.15, 0.2) is 0 Å². The van der Waals surface area contributed by atoms with E-state index >= 15 is 0 Å². The van der Waals surface area contributed by atoms with Crippen molar-refractivity contribution in [3.8, 4) is 5.75 Å². The smallest absolute Gasteiger partial charge is 0.259 e. The zero-order chi connectivity index (χ0) is 21.3. The molecule has 0 saturated carbocycles. The fourth-order valence-corrected chi connectivity index (χ4v) is 3.15. The predicted molar refractivity (Wildman–Crippen MR) is 126 cm³/mol. The van der Waals surface area contributed by atoms with E-state index in [1.807, 2.05) is 54.6 Å². The number of benzene rings is 3. The first-order valence-corrected chi connectivity index (χ1v) is 10.5. The van der Waals surface area contributed by atoms with Gasteiger partial charge in [-0.2, -0.15) is 5.10 Å². The van der Waals surface area contributed by atoms with Crippen molar-refractivity contribution < 1.29 is 9.53 Å². The second-order valence-electron chi connectivity index (χ2n) is 6.25. The minimum absolute atomic E-state index is 0.124. The Labute approximate surface area is 193 Å². The summed E-state index contributed by atoms with van der Waals surface area (Å²) in [7, 11) is 0. The highest BCUT2D eigenvalue weighted by Gasteiger charge is 2.03. The Kier molecular flexibility index (Phi) is 8.13. The fourth-order valence-electron chi connectivity index (χ4n) is 2.42. The summed E-state index contributed by atoms with van der Waals surface area (Å²) in [6, 6.07) is 20.2. The van der Waals surface area contributed by atoms with Crippen molar-refractivity contribution in [2.45, 2.75) is 6.61 Å². The van der Waals surface area contributed by atoms with Gasteiger partial charge in [0.1, 0.15) is 12.4 Å². The Bertz CT molecular complexity index is 1030. The van der Waals surface area contributed by atoms with Gasteiger partial charge < -0.3 is 10.1 Å². The summed E-state index contributed by atoms with van der Waals surface area (Å²) in [6.45, 7) is 0.462. The first-order valence-electron chi connectivity index (χ1n) is 8.98. The molecule has 3 aromatic carbocycles. The molecule has 154 valence electrons. The molecule has 0 bridgehead atoms. The molecule has 3 aromatic rings. The van der Waals surface area contributed by atoms with E-state index in [1.54, 1.807) is 18.3 Å². The Morgan fingerprint density at radius 1 is 1.03 bits per heavy atom. The van der Waals surface area contributed by atoms with Crippen molar-refractivity contribution in [1.82, 2.24) is 5.43 Å². The number of nitrogens with one attached hydrogen (secondary N) is 2. The van der Waals surface area contributed by atoms with Gasteiger partial charge >= 0.3 is 0 Å². The van der Waals surface area contributed by atoms with E-state index in [0.717, 1.165) is 21.3 Å². The van der Waals surface area contributed by atoms with Gasteiger partial charge in [-0.25, -0.2) is 5.43 Å². The Morgan fingerprint density at radius 3 is 2.47 bits per heavy atom. The van der Waals surface area contributed by atoms with Crippen molar-refractivity contribution in [1.29, 1.82) is 0 Å². The standard InChI is InChI=1S/C22H18BrCl2N3O2/c23-17-4-7-19(8-5-17)26-13-22(29)28-27-12-15-1-9-20(10-2-15)30-14-16-3-6-18(24)11-21(16)25/h1-12,26H,13-14H2,(H,28,29)/b27-12-. The molecule has 1 amide bonds. The molecule has 0 atom stereocenters. The van der Waals surface area contributed by atoms with Crippen molar-refractivity contribution >= 4 is 56.9 Å². The lowest BCUT2D eigenvalue weighted by Gasteiger charge is -2.08. The van der Waals surface area contributed by atoms with E-state index in [-0.39, 0.29) is 12.5 Å². The maximum absolute atomic E-state index is 11.9. The fraction of sp³-hybridized carbons (Fsp3) is 0.0909. The maximum atomic E-state index is 11.9. The van der Waals surface area contributed by atoms with E-state index in [0.29, 0.717) is 22.4 Å². The third-order valence-electron chi connectivity index (χ3n) is 3.99. The number of hydrazone groups is 1. The minimum Gasteiger partial charge on any atom is -0.489 e. The number of hydrogen-bond acceptors (Lipinski definition) is 4. The van der Waals surface area contributed by atoms with Crippen LogP contribution in [0.4, 0.5) is 5.69 Å². The van der Waals surface area contributed by atoms with E-state index in [1.165, 1.54) is 0 Å². The molecular formula is C22H18BrCl2N3O2. The van der Waals surface area contributed by atoms with Gasteiger partial charge in [-0.05, 0) is 66.2 Å². The number of carbonyl (C=O) groups excluding carboxylic acids is 1. The first-order chi connectivity index (χ1) is 14.5. The number of hydrogen-bond donors (Lipinski definition) is 2. The summed E-state index contributed by atoms with van der Waals surface area (Å²) >= 11 is 15.4. The van der Waals surface area contributed by atoms with Gasteiger partial charge in [0.2, 0.25) is 0 Å². The normalized spacial score (nSPS) is 10.8. The summed E-state index contributed by atoms with van der Waals surface area (Å²) in [5.41, 5.74) is 5.02. The van der Waals surface area contributed by atoms with Gasteiger partial charge in [-0.3, -0.25) is 4.79 Å². The molecule has 30 heavy (non-hydrogen) atoms. The van der Waals surface area contributed by atoms with Crippen molar-refractivity contribution in [3.05, 3.63) is 92.4 Å². The molecule has 0 aliphatic rings. The van der Waals surface area contributed by atoms with E-state index in [2.05, 4.69) is 31.8 Å². The molecule has 0 radical (unpaired) electrons. The highest BCUT2D eigenvalue weighted by molar-refractivity contribution is 9.10. The molecular weight excluding hydrogens is 489 g/mol. The lowest BCUT2D eigenvalue weighted by atomic mass is 10.2. The van der Waals surface area contributed by atoms with Crippen LogP contribution in [-0.4, -0.2) is 18.7 Å². The van der Waals surface area contributed by atoms with Crippen LogP contribution in [0.5, 0.6) is 5.75 Å². The van der Waals surface area contributed by atoms with Crippen LogP contribution in [0.1, 0.15) is 11.1 Å². The quantitative estimate of drug-likeness (QED) is 0.295. The molecule has 0 aliphatic heterocycles. The third-order valence-corrected chi connectivity index (χ3v) is 5.11. The number of amides is 1. The van der Waals surface area contributed by atoms with Gasteiger partial charge in [0, 0.05) is 25.8 Å². The molecule has 5 nitrogen and oxygen atoms in total. The van der Waals surface area contributed by atoms with Crippen LogP contribution in [-0.2, 0) is 11.4 Å². The molecule has 0 saturated heterocycles. The second kappa shape index (κ2) is 11.0. The Balaban J connectivity index is 1.43. The lowest BCUT2D eigenvalue weighted by molar-refractivity contribution is -0.119.